The van der Waals surface area contributed by atoms with Gasteiger partial charge in [-0.2, -0.15) is 11.8 Å². The standard InChI is InChI=1S/C12H25N3S2/c1-14(2)7-4-8-15-9-5-12(17-3,6-10-15)11(13)16/h4-10H2,1-3H3,(H2,13,16). The van der Waals surface area contributed by atoms with Gasteiger partial charge >= 0.3 is 0 Å². The Bertz CT molecular complexity index is 248. The molecule has 0 unspecified atom stereocenters. The highest BCUT2D eigenvalue weighted by molar-refractivity contribution is 8.01. The fraction of sp³-hybridized carbons (Fsp3) is 0.917. The maximum Gasteiger partial charge on any atom is 0.0891 e. The first-order valence-corrected chi connectivity index (χ1v) is 7.85. The minimum atomic E-state index is 0.0629. The molecule has 1 heterocycles. The zero-order valence-electron chi connectivity index (χ0n) is 11.2. The summed E-state index contributed by atoms with van der Waals surface area (Å²) in [5.74, 6) is 0. The van der Waals surface area contributed by atoms with E-state index in [0.717, 1.165) is 25.9 Å². The molecule has 17 heavy (non-hydrogen) atoms. The summed E-state index contributed by atoms with van der Waals surface area (Å²) < 4.78 is 0.0629. The number of likely N-dealkylation sites (tertiary alicyclic amines) is 1. The van der Waals surface area contributed by atoms with Gasteiger partial charge in [-0.15, -0.1) is 0 Å². The Morgan fingerprint density at radius 3 is 2.41 bits per heavy atom. The number of nitrogens with two attached hydrogens (primary N) is 1. The molecule has 3 nitrogen and oxygen atoms in total. The Kier molecular flexibility index (Phi) is 6.20. The van der Waals surface area contributed by atoms with Gasteiger partial charge < -0.3 is 15.5 Å². The summed E-state index contributed by atoms with van der Waals surface area (Å²) in [5.41, 5.74) is 5.88. The van der Waals surface area contributed by atoms with Gasteiger partial charge in [-0.05, 0) is 65.8 Å². The Morgan fingerprint density at radius 2 is 2.00 bits per heavy atom. The van der Waals surface area contributed by atoms with E-state index < -0.39 is 0 Å². The molecule has 0 amide bonds. The van der Waals surface area contributed by atoms with Crippen LogP contribution in [0, 0.1) is 0 Å². The van der Waals surface area contributed by atoms with Crippen molar-refractivity contribution in [3.63, 3.8) is 0 Å². The van der Waals surface area contributed by atoms with Crippen molar-refractivity contribution >= 4 is 29.0 Å². The van der Waals surface area contributed by atoms with Gasteiger partial charge in [0.25, 0.3) is 0 Å². The van der Waals surface area contributed by atoms with Gasteiger partial charge in [0, 0.05) is 0 Å². The molecule has 1 aliphatic rings. The Morgan fingerprint density at radius 1 is 1.41 bits per heavy atom. The first-order valence-electron chi connectivity index (χ1n) is 6.22. The summed E-state index contributed by atoms with van der Waals surface area (Å²) in [7, 11) is 4.25. The largest absolute Gasteiger partial charge is 0.392 e. The first-order chi connectivity index (χ1) is 8.00. The lowest BCUT2D eigenvalue weighted by Gasteiger charge is -2.40. The highest BCUT2D eigenvalue weighted by Crippen LogP contribution is 2.34. The van der Waals surface area contributed by atoms with E-state index in [1.807, 2.05) is 11.8 Å². The third-order valence-electron chi connectivity index (χ3n) is 3.58. The minimum absolute atomic E-state index is 0.0629. The van der Waals surface area contributed by atoms with Gasteiger partial charge in [0.05, 0.1) is 9.74 Å². The second-order valence-electron chi connectivity index (χ2n) is 5.06. The quantitative estimate of drug-likeness (QED) is 0.741. The highest BCUT2D eigenvalue weighted by Gasteiger charge is 2.36. The van der Waals surface area contributed by atoms with Crippen LogP contribution in [0.4, 0.5) is 0 Å². The number of hydrogen-bond donors (Lipinski definition) is 1. The monoisotopic (exact) mass is 275 g/mol. The SMILES string of the molecule is CSC1(C(N)=S)CCN(CCCN(C)C)CC1. The van der Waals surface area contributed by atoms with Gasteiger partial charge in [0.1, 0.15) is 0 Å². The molecule has 5 heteroatoms. The van der Waals surface area contributed by atoms with Crippen molar-refractivity contribution in [3.05, 3.63) is 0 Å². The molecule has 100 valence electrons. The molecule has 1 aliphatic heterocycles. The summed E-state index contributed by atoms with van der Waals surface area (Å²) in [6.07, 6.45) is 5.57. The van der Waals surface area contributed by atoms with E-state index in [1.54, 1.807) is 0 Å². The van der Waals surface area contributed by atoms with Crippen LogP contribution < -0.4 is 5.73 Å². The molecule has 0 bridgehead atoms. The highest BCUT2D eigenvalue weighted by atomic mass is 32.2. The van der Waals surface area contributed by atoms with Crippen LogP contribution in [-0.4, -0.2) is 66.1 Å². The molecular weight excluding hydrogens is 250 g/mol. The van der Waals surface area contributed by atoms with Crippen molar-refractivity contribution in [3.8, 4) is 0 Å². The Labute approximate surface area is 115 Å². The van der Waals surface area contributed by atoms with Gasteiger partial charge in [-0.25, -0.2) is 0 Å². The smallest absolute Gasteiger partial charge is 0.0891 e. The Hall–Kier alpha value is 0.160. The molecule has 0 saturated carbocycles. The number of nitrogens with zero attached hydrogens (tertiary/aromatic N) is 2. The molecule has 1 saturated heterocycles. The Balaban J connectivity index is 2.32. The molecule has 1 rings (SSSR count). The predicted octanol–water partition coefficient (Wildman–Crippen LogP) is 1.42. The van der Waals surface area contributed by atoms with Crippen LogP contribution in [0.1, 0.15) is 19.3 Å². The van der Waals surface area contributed by atoms with Crippen molar-refractivity contribution in [2.75, 3.05) is 46.5 Å². The van der Waals surface area contributed by atoms with Gasteiger partial charge in [-0.3, -0.25) is 0 Å². The third kappa shape index (κ3) is 4.39. The van der Waals surface area contributed by atoms with E-state index in [-0.39, 0.29) is 4.75 Å². The first kappa shape index (κ1) is 15.2. The lowest BCUT2D eigenvalue weighted by Crippen LogP contribution is -2.49. The van der Waals surface area contributed by atoms with Crippen LogP contribution in [0.3, 0.4) is 0 Å². The van der Waals surface area contributed by atoms with E-state index in [9.17, 15) is 0 Å². The average Bonchev–Trinajstić information content (AvgIpc) is 2.29. The number of thiocarbonyl (C=S) groups is 1. The molecule has 0 aromatic rings. The minimum Gasteiger partial charge on any atom is -0.392 e. The van der Waals surface area contributed by atoms with E-state index >= 15 is 0 Å². The second kappa shape index (κ2) is 6.92. The van der Waals surface area contributed by atoms with Crippen molar-refractivity contribution in [2.24, 2.45) is 5.73 Å². The van der Waals surface area contributed by atoms with E-state index in [0.29, 0.717) is 4.99 Å². The number of thioether (sulfide) groups is 1. The van der Waals surface area contributed by atoms with Crippen LogP contribution in [0.25, 0.3) is 0 Å². The lowest BCUT2D eigenvalue weighted by atomic mass is 9.95. The molecule has 0 aliphatic carbocycles. The van der Waals surface area contributed by atoms with Gasteiger partial charge in [0.15, 0.2) is 0 Å². The number of hydrogen-bond acceptors (Lipinski definition) is 4. The molecule has 1 fully saturated rings. The molecule has 0 spiro atoms. The molecule has 0 atom stereocenters. The fourth-order valence-electron chi connectivity index (χ4n) is 2.30. The van der Waals surface area contributed by atoms with Crippen molar-refractivity contribution < 1.29 is 0 Å². The zero-order chi connectivity index (χ0) is 12.9. The van der Waals surface area contributed by atoms with Crippen molar-refractivity contribution in [2.45, 2.75) is 24.0 Å². The average molecular weight is 275 g/mol. The van der Waals surface area contributed by atoms with E-state index in [2.05, 4.69) is 30.2 Å². The van der Waals surface area contributed by atoms with Crippen LogP contribution in [0.15, 0.2) is 0 Å². The lowest BCUT2D eigenvalue weighted by molar-refractivity contribution is 0.210. The van der Waals surface area contributed by atoms with Crippen molar-refractivity contribution in [1.82, 2.24) is 9.80 Å². The maximum atomic E-state index is 5.88. The third-order valence-corrected chi connectivity index (χ3v) is 5.51. The number of rotatable bonds is 6. The molecule has 0 aromatic carbocycles. The summed E-state index contributed by atoms with van der Waals surface area (Å²) in [5, 5.41) is 0. The van der Waals surface area contributed by atoms with Crippen LogP contribution in [0.2, 0.25) is 0 Å². The van der Waals surface area contributed by atoms with Crippen LogP contribution >= 0.6 is 24.0 Å². The molecule has 2 N–H and O–H groups in total. The summed E-state index contributed by atoms with van der Waals surface area (Å²) >= 11 is 7.05. The predicted molar refractivity (Wildman–Crippen MR) is 81.9 cm³/mol. The van der Waals surface area contributed by atoms with Gasteiger partial charge in [-0.1, -0.05) is 12.2 Å². The molecular formula is C12H25N3S2. The van der Waals surface area contributed by atoms with Gasteiger partial charge in [0.2, 0.25) is 0 Å². The normalized spacial score (nSPS) is 20.7. The topological polar surface area (TPSA) is 32.5 Å². The summed E-state index contributed by atoms with van der Waals surface area (Å²) in [4.78, 5) is 5.47. The van der Waals surface area contributed by atoms with E-state index in [1.165, 1.54) is 19.5 Å². The van der Waals surface area contributed by atoms with Crippen LogP contribution in [-0.2, 0) is 0 Å². The van der Waals surface area contributed by atoms with Crippen LogP contribution in [0.5, 0.6) is 0 Å². The van der Waals surface area contributed by atoms with E-state index in [4.69, 9.17) is 18.0 Å². The zero-order valence-corrected chi connectivity index (χ0v) is 12.9. The second-order valence-corrected chi connectivity index (χ2v) is 6.69. The molecule has 0 radical (unpaired) electrons. The number of piperidine rings is 1. The maximum absolute atomic E-state index is 5.88. The summed E-state index contributed by atoms with van der Waals surface area (Å²) in [6.45, 7) is 4.62. The fourth-order valence-corrected chi connectivity index (χ4v) is 3.55. The summed E-state index contributed by atoms with van der Waals surface area (Å²) in [6, 6.07) is 0. The van der Waals surface area contributed by atoms with Crippen molar-refractivity contribution in [1.29, 1.82) is 0 Å². The molecule has 0 aromatic heterocycles.